The monoisotopic (exact) mass is 441 g/mol. The number of amides is 1. The molecule has 30 heavy (non-hydrogen) atoms. The topological polar surface area (TPSA) is 129 Å². The maximum atomic E-state index is 12.8. The summed E-state index contributed by atoms with van der Waals surface area (Å²) in [7, 11) is -3.67. The number of nitrogens with one attached hydrogen (secondary N) is 1. The van der Waals surface area contributed by atoms with E-state index in [0.717, 1.165) is 19.5 Å². The lowest BCUT2D eigenvalue weighted by Crippen LogP contribution is -2.38. The first-order chi connectivity index (χ1) is 14.0. The Balaban J connectivity index is 0.000000804. The van der Waals surface area contributed by atoms with Crippen LogP contribution in [0.25, 0.3) is 10.9 Å². The predicted molar refractivity (Wildman–Crippen MR) is 118 cm³/mol. The van der Waals surface area contributed by atoms with E-state index in [1.807, 2.05) is 13.0 Å². The van der Waals surface area contributed by atoms with E-state index >= 15 is 0 Å². The normalized spacial score (nSPS) is 11.3. The van der Waals surface area contributed by atoms with Gasteiger partial charge >= 0.3 is 0 Å². The molecule has 168 valence electrons. The quantitative estimate of drug-likeness (QED) is 0.532. The lowest BCUT2D eigenvalue weighted by atomic mass is 10.1. The first kappa shape index (κ1) is 25.6. The van der Waals surface area contributed by atoms with E-state index in [-0.39, 0.29) is 11.3 Å². The Hall–Kier alpha value is -2.43. The Kier molecular flexibility index (Phi) is 9.97. The number of nitrogens with zero attached hydrogens (tertiary/aromatic N) is 2. The molecule has 10 heteroatoms. The lowest BCUT2D eigenvalue weighted by Gasteiger charge is -2.18. The van der Waals surface area contributed by atoms with Crippen LogP contribution in [0, 0.1) is 0 Å². The molecule has 1 aromatic heterocycles. The highest BCUT2D eigenvalue weighted by molar-refractivity contribution is 7.85. The standard InChI is InChI=1S/C19H27N3O3.CH4O3S/c1-4-12-22-15-10-8-7-9-14(15)17(23)16(19(22)25)18(24)20-11-13-21(5-2)6-3;1-5(2,3)4/h7-10,23H,4-6,11-13H2,1-3H3,(H,20,24);1H3,(H,2,3,4). The molecule has 0 fully saturated rings. The van der Waals surface area contributed by atoms with Crippen LogP contribution >= 0.6 is 0 Å². The molecule has 0 bridgehead atoms. The smallest absolute Gasteiger partial charge is 0.267 e. The summed E-state index contributed by atoms with van der Waals surface area (Å²) >= 11 is 0. The largest absolute Gasteiger partial charge is 0.506 e. The van der Waals surface area contributed by atoms with Crippen molar-refractivity contribution in [2.24, 2.45) is 0 Å². The van der Waals surface area contributed by atoms with Gasteiger partial charge in [0.2, 0.25) is 0 Å². The second-order valence-corrected chi connectivity index (χ2v) is 8.18. The number of pyridine rings is 1. The fourth-order valence-corrected chi connectivity index (χ4v) is 3.00. The first-order valence-electron chi connectivity index (χ1n) is 9.82. The lowest BCUT2D eigenvalue weighted by molar-refractivity contribution is 0.0944. The Bertz CT molecular complexity index is 1010. The molecule has 1 heterocycles. The van der Waals surface area contributed by atoms with E-state index in [4.69, 9.17) is 4.55 Å². The molecule has 0 saturated carbocycles. The summed E-state index contributed by atoms with van der Waals surface area (Å²) < 4.78 is 27.4. The Morgan fingerprint density at radius 2 is 1.73 bits per heavy atom. The molecule has 2 rings (SSSR count). The molecule has 0 aliphatic carbocycles. The molecule has 0 atom stereocenters. The van der Waals surface area contributed by atoms with E-state index in [2.05, 4.69) is 24.1 Å². The Labute approximate surface area is 177 Å². The molecule has 0 unspecified atom stereocenters. The van der Waals surface area contributed by atoms with Crippen molar-refractivity contribution in [3.8, 4) is 5.75 Å². The molecule has 9 nitrogen and oxygen atoms in total. The van der Waals surface area contributed by atoms with Crippen LogP contribution in [-0.4, -0.2) is 65.9 Å². The fourth-order valence-electron chi connectivity index (χ4n) is 3.00. The van der Waals surface area contributed by atoms with Crippen LogP contribution in [-0.2, 0) is 16.7 Å². The van der Waals surface area contributed by atoms with Gasteiger partial charge in [0, 0.05) is 25.0 Å². The van der Waals surface area contributed by atoms with Crippen molar-refractivity contribution in [1.29, 1.82) is 0 Å². The number of hydrogen-bond acceptors (Lipinski definition) is 6. The molecule has 0 aliphatic rings. The molecule has 0 saturated heterocycles. The number of fused-ring (bicyclic) bond motifs is 1. The van der Waals surface area contributed by atoms with Gasteiger partial charge in [-0.25, -0.2) is 0 Å². The van der Waals surface area contributed by atoms with Gasteiger partial charge in [0.1, 0.15) is 11.3 Å². The minimum Gasteiger partial charge on any atom is -0.506 e. The number of carbonyl (C=O) groups is 1. The number of aryl methyl sites for hydroxylation is 1. The molecule has 1 amide bonds. The van der Waals surface area contributed by atoms with Gasteiger partial charge in [-0.3, -0.25) is 14.1 Å². The molecule has 0 spiro atoms. The van der Waals surface area contributed by atoms with Crippen molar-refractivity contribution in [2.75, 3.05) is 32.4 Å². The molecular weight excluding hydrogens is 410 g/mol. The molecule has 2 aromatic rings. The van der Waals surface area contributed by atoms with Gasteiger partial charge in [0.25, 0.3) is 21.6 Å². The van der Waals surface area contributed by atoms with Gasteiger partial charge in [0.05, 0.1) is 11.8 Å². The Morgan fingerprint density at radius 1 is 1.17 bits per heavy atom. The molecule has 1 aromatic carbocycles. The Morgan fingerprint density at radius 3 is 2.27 bits per heavy atom. The highest BCUT2D eigenvalue weighted by Crippen LogP contribution is 2.26. The van der Waals surface area contributed by atoms with Gasteiger partial charge in [-0.05, 0) is 31.6 Å². The van der Waals surface area contributed by atoms with Crippen molar-refractivity contribution >= 4 is 26.9 Å². The number of likely N-dealkylation sites (N-methyl/N-ethyl adjacent to an activating group) is 1. The zero-order valence-corrected chi connectivity index (χ0v) is 18.7. The predicted octanol–water partition coefficient (Wildman–Crippen LogP) is 1.69. The van der Waals surface area contributed by atoms with Crippen LogP contribution in [0.2, 0.25) is 0 Å². The molecule has 0 aliphatic heterocycles. The van der Waals surface area contributed by atoms with Crippen molar-refractivity contribution in [2.45, 2.75) is 33.7 Å². The first-order valence-corrected chi connectivity index (χ1v) is 11.7. The van der Waals surface area contributed by atoms with Crippen LogP contribution in [0.15, 0.2) is 29.1 Å². The van der Waals surface area contributed by atoms with E-state index in [1.165, 1.54) is 0 Å². The van der Waals surface area contributed by atoms with Crippen molar-refractivity contribution < 1.29 is 22.9 Å². The van der Waals surface area contributed by atoms with Crippen molar-refractivity contribution in [3.63, 3.8) is 0 Å². The van der Waals surface area contributed by atoms with Crippen molar-refractivity contribution in [3.05, 3.63) is 40.2 Å². The highest BCUT2D eigenvalue weighted by atomic mass is 32.2. The number of benzene rings is 1. The summed E-state index contributed by atoms with van der Waals surface area (Å²) in [5, 5.41) is 13.8. The number of carbonyl (C=O) groups excluding carboxylic acids is 1. The second kappa shape index (κ2) is 11.7. The molecular formula is C20H31N3O6S. The number of para-hydroxylation sites is 1. The zero-order chi connectivity index (χ0) is 22.9. The maximum absolute atomic E-state index is 12.8. The van der Waals surface area contributed by atoms with Gasteiger partial charge in [-0.2, -0.15) is 8.42 Å². The summed E-state index contributed by atoms with van der Waals surface area (Å²) in [5.41, 5.74) is 0.0247. The average molecular weight is 442 g/mol. The number of rotatable bonds is 8. The third-order valence-corrected chi connectivity index (χ3v) is 4.43. The summed E-state index contributed by atoms with van der Waals surface area (Å²) in [5.74, 6) is -0.765. The second-order valence-electron chi connectivity index (χ2n) is 6.71. The van der Waals surface area contributed by atoms with Crippen LogP contribution in [0.5, 0.6) is 5.75 Å². The van der Waals surface area contributed by atoms with Crippen LogP contribution in [0.1, 0.15) is 37.6 Å². The zero-order valence-electron chi connectivity index (χ0n) is 17.9. The summed E-state index contributed by atoms with van der Waals surface area (Å²) in [6.07, 6.45) is 1.48. The van der Waals surface area contributed by atoms with Crippen LogP contribution < -0.4 is 10.9 Å². The van der Waals surface area contributed by atoms with Gasteiger partial charge in [-0.1, -0.05) is 32.9 Å². The van der Waals surface area contributed by atoms with E-state index in [1.54, 1.807) is 22.8 Å². The third-order valence-electron chi connectivity index (χ3n) is 4.43. The fraction of sp³-hybridized carbons (Fsp3) is 0.500. The minimum atomic E-state index is -3.67. The van der Waals surface area contributed by atoms with E-state index in [9.17, 15) is 23.1 Å². The third kappa shape index (κ3) is 7.43. The van der Waals surface area contributed by atoms with Crippen LogP contribution in [0.3, 0.4) is 0 Å². The summed E-state index contributed by atoms with van der Waals surface area (Å²) in [6.45, 7) is 9.52. The van der Waals surface area contributed by atoms with Gasteiger partial charge in [0.15, 0.2) is 0 Å². The van der Waals surface area contributed by atoms with E-state index in [0.29, 0.717) is 36.8 Å². The number of hydrogen-bond donors (Lipinski definition) is 3. The average Bonchev–Trinajstić information content (AvgIpc) is 2.67. The minimum absolute atomic E-state index is 0.174. The highest BCUT2D eigenvalue weighted by Gasteiger charge is 2.21. The number of aromatic hydroxyl groups is 1. The molecule has 3 N–H and O–H groups in total. The summed E-state index contributed by atoms with van der Waals surface area (Å²) in [6, 6.07) is 7.11. The van der Waals surface area contributed by atoms with Gasteiger partial charge in [-0.15, -0.1) is 0 Å². The summed E-state index contributed by atoms with van der Waals surface area (Å²) in [4.78, 5) is 27.5. The van der Waals surface area contributed by atoms with Crippen molar-refractivity contribution in [1.82, 2.24) is 14.8 Å². The maximum Gasteiger partial charge on any atom is 0.267 e. The molecule has 0 radical (unpaired) electrons. The van der Waals surface area contributed by atoms with Gasteiger partial charge < -0.3 is 19.9 Å². The SMILES string of the molecule is CCCn1c(=O)c(C(=O)NCCN(CC)CC)c(O)c2ccccc21.CS(=O)(=O)O. The number of aromatic nitrogens is 1. The van der Waals surface area contributed by atoms with E-state index < -0.39 is 21.6 Å². The van der Waals surface area contributed by atoms with Crippen LogP contribution in [0.4, 0.5) is 0 Å².